The summed E-state index contributed by atoms with van der Waals surface area (Å²) >= 11 is 0. The molecule has 2 aliphatic heterocycles. The Morgan fingerprint density at radius 3 is 2.72 bits per heavy atom. The molecule has 1 atom stereocenters. The third-order valence-corrected chi connectivity index (χ3v) is 7.61. The Hall–Kier alpha value is -3.72. The van der Waals surface area contributed by atoms with Crippen molar-refractivity contribution in [3.8, 4) is 11.4 Å². The van der Waals surface area contributed by atoms with Crippen LogP contribution in [0.1, 0.15) is 54.9 Å². The molecule has 0 N–H and O–H groups in total. The number of amides is 2. The van der Waals surface area contributed by atoms with E-state index in [-0.39, 0.29) is 18.4 Å². The van der Waals surface area contributed by atoms with Gasteiger partial charge in [-0.05, 0) is 61.9 Å². The molecule has 9 heteroatoms. The van der Waals surface area contributed by atoms with Crippen LogP contribution >= 0.6 is 0 Å². The van der Waals surface area contributed by atoms with Crippen molar-refractivity contribution >= 4 is 11.8 Å². The number of carbonyl (C=O) groups is 2. The van der Waals surface area contributed by atoms with Crippen LogP contribution in [0.4, 0.5) is 0 Å². The van der Waals surface area contributed by atoms with Crippen LogP contribution in [-0.4, -0.2) is 81.4 Å². The Morgan fingerprint density at radius 2 is 1.87 bits per heavy atom. The van der Waals surface area contributed by atoms with Gasteiger partial charge in [-0.15, -0.1) is 10.2 Å². The summed E-state index contributed by atoms with van der Waals surface area (Å²) in [5.74, 6) is 0.753. The fraction of sp³-hybridized carbons (Fsp3) is 0.467. The Balaban J connectivity index is 1.39. The first-order valence-corrected chi connectivity index (χ1v) is 14.0. The second kappa shape index (κ2) is 12.4. The zero-order chi connectivity index (χ0) is 27.1. The highest BCUT2D eigenvalue weighted by atomic mass is 16.5. The van der Waals surface area contributed by atoms with Gasteiger partial charge >= 0.3 is 0 Å². The molecule has 3 heterocycles. The molecule has 0 radical (unpaired) electrons. The summed E-state index contributed by atoms with van der Waals surface area (Å²) < 4.78 is 14.3. The molecule has 2 amide bonds. The van der Waals surface area contributed by atoms with E-state index in [4.69, 9.17) is 9.47 Å². The van der Waals surface area contributed by atoms with E-state index in [0.29, 0.717) is 44.8 Å². The highest BCUT2D eigenvalue weighted by Crippen LogP contribution is 2.30. The van der Waals surface area contributed by atoms with Gasteiger partial charge in [0.15, 0.2) is 5.60 Å². The van der Waals surface area contributed by atoms with E-state index in [0.717, 1.165) is 43.5 Å². The topological polar surface area (TPSA) is 89.8 Å². The van der Waals surface area contributed by atoms with Gasteiger partial charge in [-0.25, -0.2) is 0 Å². The maximum Gasteiger partial charge on any atom is 0.256 e. The lowest BCUT2D eigenvalue weighted by Gasteiger charge is -2.44. The van der Waals surface area contributed by atoms with Crippen LogP contribution < -0.4 is 4.74 Å². The van der Waals surface area contributed by atoms with Crippen molar-refractivity contribution < 1.29 is 19.1 Å². The standard InChI is InChI=1S/C30H37N5O4/c1-2-3-15-33-16-18-38-27-13-5-4-9-24(27)10-6-7-14-30(29(33)37)21-34(17-19-39-30)28(36)25-11-8-12-26(20-25)35-22-31-32-23-35/h4-5,8-9,11-13,20,22-23H,2-3,6-7,10,14-19,21H2,1H3. The Bertz CT molecular complexity index is 1260. The molecule has 5 rings (SSSR count). The third kappa shape index (κ3) is 6.14. The van der Waals surface area contributed by atoms with Crippen LogP contribution in [0.15, 0.2) is 61.2 Å². The number of para-hydroxylation sites is 1. The number of morpholine rings is 1. The summed E-state index contributed by atoms with van der Waals surface area (Å²) in [6.45, 7) is 4.66. The lowest BCUT2D eigenvalue weighted by atomic mass is 9.90. The molecule has 3 aromatic rings. The summed E-state index contributed by atoms with van der Waals surface area (Å²) in [6, 6.07) is 15.5. The minimum atomic E-state index is -1.06. The molecule has 1 fully saturated rings. The molecule has 9 nitrogen and oxygen atoms in total. The van der Waals surface area contributed by atoms with E-state index in [1.807, 2.05) is 47.4 Å². The monoisotopic (exact) mass is 531 g/mol. The van der Waals surface area contributed by atoms with Crippen LogP contribution in [-0.2, 0) is 16.0 Å². The SMILES string of the molecule is CCCCN1CCOc2ccccc2CCCCC2(CN(C(=O)c3cccc(-n4cnnc4)c3)CCO2)C1=O. The number of nitrogens with zero attached hydrogens (tertiary/aromatic N) is 5. The van der Waals surface area contributed by atoms with Gasteiger partial charge in [0.05, 0.1) is 19.7 Å². The predicted octanol–water partition coefficient (Wildman–Crippen LogP) is 3.91. The maximum atomic E-state index is 14.2. The van der Waals surface area contributed by atoms with Gasteiger partial charge in [0.1, 0.15) is 25.0 Å². The molecular weight excluding hydrogens is 494 g/mol. The van der Waals surface area contributed by atoms with E-state index in [1.165, 1.54) is 5.56 Å². The van der Waals surface area contributed by atoms with Crippen molar-refractivity contribution in [2.75, 3.05) is 39.4 Å². The fourth-order valence-corrected chi connectivity index (χ4v) is 5.46. The molecule has 206 valence electrons. The lowest BCUT2D eigenvalue weighted by Crippen LogP contribution is -2.62. The van der Waals surface area contributed by atoms with Crippen LogP contribution in [0.2, 0.25) is 0 Å². The molecule has 2 aliphatic rings. The van der Waals surface area contributed by atoms with Crippen molar-refractivity contribution in [2.45, 2.75) is 51.0 Å². The molecule has 0 aliphatic carbocycles. The third-order valence-electron chi connectivity index (χ3n) is 7.61. The van der Waals surface area contributed by atoms with Gasteiger partial charge in [-0.3, -0.25) is 14.2 Å². The van der Waals surface area contributed by atoms with Crippen molar-refractivity contribution in [1.29, 1.82) is 0 Å². The van der Waals surface area contributed by atoms with E-state index >= 15 is 0 Å². The molecule has 0 bridgehead atoms. The first-order valence-electron chi connectivity index (χ1n) is 14.0. The van der Waals surface area contributed by atoms with Crippen molar-refractivity contribution in [3.05, 3.63) is 72.3 Å². The smallest absolute Gasteiger partial charge is 0.256 e. The summed E-state index contributed by atoms with van der Waals surface area (Å²) in [5.41, 5.74) is 1.49. The highest BCUT2D eigenvalue weighted by molar-refractivity contribution is 5.96. The van der Waals surface area contributed by atoms with E-state index in [1.54, 1.807) is 22.1 Å². The number of fused-ring (bicyclic) bond motifs is 1. The number of hydrogen-bond acceptors (Lipinski definition) is 6. The van der Waals surface area contributed by atoms with Gasteiger partial charge in [0.25, 0.3) is 11.8 Å². The van der Waals surface area contributed by atoms with Crippen molar-refractivity contribution in [2.24, 2.45) is 0 Å². The van der Waals surface area contributed by atoms with Gasteiger partial charge in [0.2, 0.25) is 0 Å². The second-order valence-corrected chi connectivity index (χ2v) is 10.3. The van der Waals surface area contributed by atoms with E-state index in [9.17, 15) is 9.59 Å². The second-order valence-electron chi connectivity index (χ2n) is 10.3. The summed E-state index contributed by atoms with van der Waals surface area (Å²) in [5, 5.41) is 7.73. The van der Waals surface area contributed by atoms with Crippen LogP contribution in [0.5, 0.6) is 5.75 Å². The minimum absolute atomic E-state index is 0.0378. The Morgan fingerprint density at radius 1 is 1.03 bits per heavy atom. The average Bonchev–Trinajstić information content (AvgIpc) is 3.52. The summed E-state index contributed by atoms with van der Waals surface area (Å²) in [6.07, 6.45) is 8.25. The van der Waals surface area contributed by atoms with E-state index in [2.05, 4.69) is 23.2 Å². The fourth-order valence-electron chi connectivity index (χ4n) is 5.46. The Kier molecular flexibility index (Phi) is 8.56. The summed E-state index contributed by atoms with van der Waals surface area (Å²) in [7, 11) is 0. The average molecular weight is 532 g/mol. The number of aryl methyl sites for hydroxylation is 1. The number of ether oxygens (including phenoxy) is 2. The first-order chi connectivity index (χ1) is 19.1. The molecule has 2 aromatic carbocycles. The minimum Gasteiger partial charge on any atom is -0.491 e. The zero-order valence-electron chi connectivity index (χ0n) is 22.6. The van der Waals surface area contributed by atoms with Crippen molar-refractivity contribution in [3.63, 3.8) is 0 Å². The zero-order valence-corrected chi connectivity index (χ0v) is 22.6. The molecule has 1 aromatic heterocycles. The van der Waals surface area contributed by atoms with Crippen LogP contribution in [0, 0.1) is 0 Å². The number of rotatable bonds is 5. The van der Waals surface area contributed by atoms with Gasteiger partial charge in [-0.1, -0.05) is 37.6 Å². The molecular formula is C30H37N5O4. The van der Waals surface area contributed by atoms with E-state index < -0.39 is 5.60 Å². The van der Waals surface area contributed by atoms with Crippen LogP contribution in [0.25, 0.3) is 5.69 Å². The van der Waals surface area contributed by atoms with Gasteiger partial charge in [-0.2, -0.15) is 0 Å². The molecule has 1 saturated heterocycles. The number of unbranched alkanes of at least 4 members (excludes halogenated alkanes) is 1. The Labute approximate surface area is 229 Å². The predicted molar refractivity (Wildman–Crippen MR) is 147 cm³/mol. The molecule has 39 heavy (non-hydrogen) atoms. The molecule has 1 spiro atoms. The maximum absolute atomic E-state index is 14.2. The lowest BCUT2D eigenvalue weighted by molar-refractivity contribution is -0.170. The molecule has 0 saturated carbocycles. The molecule has 1 unspecified atom stereocenters. The van der Waals surface area contributed by atoms with Crippen molar-refractivity contribution in [1.82, 2.24) is 24.6 Å². The number of aromatic nitrogens is 3. The summed E-state index contributed by atoms with van der Waals surface area (Å²) in [4.78, 5) is 31.6. The number of carbonyl (C=O) groups excluding carboxylic acids is 2. The number of hydrogen-bond donors (Lipinski definition) is 0. The van der Waals surface area contributed by atoms with Crippen LogP contribution in [0.3, 0.4) is 0 Å². The first kappa shape index (κ1) is 26.9. The normalized spacial score (nSPS) is 20.6. The largest absolute Gasteiger partial charge is 0.491 e. The quantitative estimate of drug-likeness (QED) is 0.496. The van der Waals surface area contributed by atoms with Gasteiger partial charge in [0, 0.05) is 24.3 Å². The highest BCUT2D eigenvalue weighted by Gasteiger charge is 2.46. The number of benzene rings is 2. The van der Waals surface area contributed by atoms with Gasteiger partial charge < -0.3 is 19.3 Å².